The molecule has 1 aliphatic heterocycles. The molecule has 1 saturated heterocycles. The number of likely N-dealkylation sites (tertiary alicyclic amines) is 1. The predicted octanol–water partition coefficient (Wildman–Crippen LogP) is 7.98. The number of hydrogen-bond acceptors (Lipinski definition) is 1. The van der Waals surface area contributed by atoms with E-state index >= 15 is 0 Å². The Morgan fingerprint density at radius 2 is 1.78 bits per heavy atom. The predicted molar refractivity (Wildman–Crippen MR) is 140 cm³/mol. The summed E-state index contributed by atoms with van der Waals surface area (Å²) in [6.07, 6.45) is -3.17. The van der Waals surface area contributed by atoms with Crippen LogP contribution in [0.5, 0.6) is 0 Å². The van der Waals surface area contributed by atoms with Crippen molar-refractivity contribution in [2.24, 2.45) is 0 Å². The Morgan fingerprint density at radius 3 is 2.51 bits per heavy atom. The molecule has 3 nitrogen and oxygen atoms in total. The first-order valence-corrected chi connectivity index (χ1v) is 12.4. The first-order valence-electron chi connectivity index (χ1n) is 12.0. The van der Waals surface area contributed by atoms with Crippen LogP contribution in [0.1, 0.15) is 47.4 Å². The molecular formula is C30H24ClF3N2O. The molecule has 2 heterocycles. The molecule has 0 N–H and O–H groups in total. The van der Waals surface area contributed by atoms with Gasteiger partial charge in [-0.1, -0.05) is 66.1 Å². The van der Waals surface area contributed by atoms with E-state index in [2.05, 4.69) is 22.5 Å². The molecule has 1 unspecified atom stereocenters. The van der Waals surface area contributed by atoms with Crippen molar-refractivity contribution < 1.29 is 18.0 Å². The Kier molecular flexibility index (Phi) is 6.74. The second-order valence-corrected chi connectivity index (χ2v) is 9.41. The lowest BCUT2D eigenvalue weighted by atomic mass is 9.97. The fraction of sp³-hybridized carbons (Fsp3) is 0.233. The summed E-state index contributed by atoms with van der Waals surface area (Å²) in [7, 11) is 0. The van der Waals surface area contributed by atoms with Crippen molar-refractivity contribution in [2.75, 3.05) is 6.54 Å². The Hall–Kier alpha value is -3.69. The lowest BCUT2D eigenvalue weighted by Crippen LogP contribution is -2.32. The second kappa shape index (κ2) is 9.99. The van der Waals surface area contributed by atoms with Gasteiger partial charge in [0.1, 0.15) is 0 Å². The van der Waals surface area contributed by atoms with E-state index in [0.717, 1.165) is 52.3 Å². The maximum Gasteiger partial charge on any atom is 0.416 e. The minimum atomic E-state index is -4.57. The van der Waals surface area contributed by atoms with Gasteiger partial charge in [0.05, 0.1) is 34.4 Å². The van der Waals surface area contributed by atoms with Crippen molar-refractivity contribution >= 4 is 28.4 Å². The third kappa shape index (κ3) is 4.60. The Labute approximate surface area is 218 Å². The number of benzene rings is 3. The first kappa shape index (κ1) is 25.0. The summed E-state index contributed by atoms with van der Waals surface area (Å²) in [5.41, 5.74) is 2.91. The van der Waals surface area contributed by atoms with Gasteiger partial charge in [0, 0.05) is 23.0 Å². The van der Waals surface area contributed by atoms with Crippen molar-refractivity contribution in [3.8, 4) is 23.0 Å². The van der Waals surface area contributed by atoms with Gasteiger partial charge in [0.25, 0.3) is 5.91 Å². The molecule has 0 saturated carbocycles. The van der Waals surface area contributed by atoms with E-state index in [1.165, 1.54) is 0 Å². The lowest BCUT2D eigenvalue weighted by molar-refractivity contribution is -0.137. The summed E-state index contributed by atoms with van der Waals surface area (Å²) in [5.74, 6) is 5.61. The fourth-order valence-electron chi connectivity index (χ4n) is 5.22. The van der Waals surface area contributed by atoms with Crippen LogP contribution in [0.15, 0.2) is 72.8 Å². The highest BCUT2D eigenvalue weighted by Gasteiger charge is 2.38. The maximum atomic E-state index is 13.8. The van der Waals surface area contributed by atoms with Crippen LogP contribution in [-0.4, -0.2) is 21.9 Å². The molecule has 1 fully saturated rings. The van der Waals surface area contributed by atoms with Gasteiger partial charge in [-0.2, -0.15) is 13.2 Å². The summed E-state index contributed by atoms with van der Waals surface area (Å²) in [6, 6.07) is 20.6. The van der Waals surface area contributed by atoms with Gasteiger partial charge in [-0.3, -0.25) is 4.79 Å². The van der Waals surface area contributed by atoms with Crippen LogP contribution in [0.4, 0.5) is 13.2 Å². The Bertz CT molecular complexity index is 1530. The maximum absolute atomic E-state index is 13.8. The summed E-state index contributed by atoms with van der Waals surface area (Å²) in [6.45, 7) is 2.64. The van der Waals surface area contributed by atoms with Crippen LogP contribution in [0, 0.1) is 11.8 Å². The van der Waals surface area contributed by atoms with E-state index in [1.54, 1.807) is 11.8 Å². The SMILES string of the molecule is CC#CCn1c(C2CCCN2C(=O)c2cc(C(F)(F)F)ccc2Cl)c(-c2ccccc2)c2ccccc21. The smallest absolute Gasteiger partial charge is 0.330 e. The van der Waals surface area contributed by atoms with Crippen molar-refractivity contribution in [1.82, 2.24) is 9.47 Å². The van der Waals surface area contributed by atoms with Crippen LogP contribution in [-0.2, 0) is 12.7 Å². The number of amides is 1. The summed E-state index contributed by atoms with van der Waals surface area (Å²) >= 11 is 6.27. The van der Waals surface area contributed by atoms with Crippen molar-refractivity contribution in [1.29, 1.82) is 0 Å². The molecule has 5 rings (SSSR count). The second-order valence-electron chi connectivity index (χ2n) is 9.01. The van der Waals surface area contributed by atoms with Gasteiger partial charge in [-0.05, 0) is 49.6 Å². The number of nitrogens with zero attached hydrogens (tertiary/aromatic N) is 2. The highest BCUT2D eigenvalue weighted by Crippen LogP contribution is 2.44. The van der Waals surface area contributed by atoms with Crippen LogP contribution in [0.2, 0.25) is 5.02 Å². The summed E-state index contributed by atoms with van der Waals surface area (Å²) in [4.78, 5) is 15.4. The minimum Gasteiger partial charge on any atom is -0.330 e. The van der Waals surface area contributed by atoms with E-state index in [9.17, 15) is 18.0 Å². The summed E-state index contributed by atoms with van der Waals surface area (Å²) < 4.78 is 42.4. The Morgan fingerprint density at radius 1 is 1.05 bits per heavy atom. The number of alkyl halides is 3. The highest BCUT2D eigenvalue weighted by molar-refractivity contribution is 6.33. The molecule has 4 aromatic rings. The van der Waals surface area contributed by atoms with Crippen LogP contribution >= 0.6 is 11.6 Å². The zero-order chi connectivity index (χ0) is 26.2. The molecule has 188 valence electrons. The van der Waals surface area contributed by atoms with Crippen molar-refractivity contribution in [3.05, 3.63) is 94.6 Å². The molecule has 3 aromatic carbocycles. The molecule has 37 heavy (non-hydrogen) atoms. The third-order valence-corrected chi connectivity index (χ3v) is 7.17. The largest absolute Gasteiger partial charge is 0.416 e. The quantitative estimate of drug-likeness (QED) is 0.250. The number of aromatic nitrogens is 1. The van der Waals surface area contributed by atoms with Crippen LogP contribution < -0.4 is 0 Å². The van der Waals surface area contributed by atoms with Gasteiger partial charge in [-0.25, -0.2) is 0 Å². The van der Waals surface area contributed by atoms with Gasteiger partial charge in [0.15, 0.2) is 0 Å². The molecule has 0 spiro atoms. The molecule has 1 amide bonds. The number of para-hydroxylation sites is 1. The number of hydrogen-bond donors (Lipinski definition) is 0. The van der Waals surface area contributed by atoms with E-state index in [0.29, 0.717) is 19.5 Å². The lowest BCUT2D eigenvalue weighted by Gasteiger charge is -2.28. The van der Waals surface area contributed by atoms with Crippen molar-refractivity contribution in [3.63, 3.8) is 0 Å². The first-order chi connectivity index (χ1) is 17.8. The standard InChI is InChI=1S/C30H24ClF3N2O/c1-2-3-17-35-25-13-8-7-12-22(25)27(20-10-5-4-6-11-20)28(35)26-14-9-18-36(26)29(37)23-19-21(30(32,33)34)15-16-24(23)31/h4-8,10-13,15-16,19,26H,9,14,17-18H2,1H3. The van der Waals surface area contributed by atoms with E-state index in [-0.39, 0.29) is 16.6 Å². The average Bonchev–Trinajstić information content (AvgIpc) is 3.50. The Balaban J connectivity index is 1.69. The molecule has 1 atom stereocenters. The minimum absolute atomic E-state index is 0.00401. The number of carbonyl (C=O) groups excluding carboxylic acids is 1. The molecule has 7 heteroatoms. The molecule has 0 radical (unpaired) electrons. The molecule has 0 aliphatic carbocycles. The molecule has 1 aliphatic rings. The van der Waals surface area contributed by atoms with Gasteiger partial charge < -0.3 is 9.47 Å². The summed E-state index contributed by atoms with van der Waals surface area (Å²) in [5, 5.41) is 1.04. The molecular weight excluding hydrogens is 497 g/mol. The van der Waals surface area contributed by atoms with E-state index in [4.69, 9.17) is 11.6 Å². The molecule has 0 bridgehead atoms. The fourth-order valence-corrected chi connectivity index (χ4v) is 5.42. The monoisotopic (exact) mass is 520 g/mol. The number of rotatable bonds is 4. The van der Waals surface area contributed by atoms with E-state index in [1.807, 2.05) is 48.5 Å². The van der Waals surface area contributed by atoms with Crippen molar-refractivity contribution in [2.45, 2.75) is 38.5 Å². The highest BCUT2D eigenvalue weighted by atomic mass is 35.5. The van der Waals surface area contributed by atoms with Gasteiger partial charge in [-0.15, -0.1) is 5.92 Å². The van der Waals surface area contributed by atoms with Crippen LogP contribution in [0.25, 0.3) is 22.0 Å². The van der Waals surface area contributed by atoms with Gasteiger partial charge >= 0.3 is 6.18 Å². The zero-order valence-electron chi connectivity index (χ0n) is 20.1. The third-order valence-electron chi connectivity index (χ3n) is 6.84. The molecule has 1 aromatic heterocycles. The zero-order valence-corrected chi connectivity index (χ0v) is 20.9. The number of fused-ring (bicyclic) bond motifs is 1. The van der Waals surface area contributed by atoms with Crippen LogP contribution in [0.3, 0.4) is 0 Å². The normalized spacial score (nSPS) is 15.6. The number of carbonyl (C=O) groups is 1. The van der Waals surface area contributed by atoms with E-state index < -0.39 is 17.6 Å². The topological polar surface area (TPSA) is 25.2 Å². The number of halogens is 4. The van der Waals surface area contributed by atoms with Gasteiger partial charge in [0.2, 0.25) is 0 Å². The average molecular weight is 521 g/mol.